The molecule has 3 rings (SSSR count). The predicted molar refractivity (Wildman–Crippen MR) is 91.4 cm³/mol. The number of benzene rings is 1. The number of aromatic nitrogens is 3. The highest BCUT2D eigenvalue weighted by Crippen LogP contribution is 2.21. The van der Waals surface area contributed by atoms with Crippen molar-refractivity contribution in [2.45, 2.75) is 6.92 Å². The van der Waals surface area contributed by atoms with Gasteiger partial charge in [0.05, 0.1) is 6.20 Å². The quantitative estimate of drug-likeness (QED) is 0.721. The number of nitrogens with zero attached hydrogens (tertiary/aromatic N) is 3. The lowest BCUT2D eigenvalue weighted by atomic mass is 10.2. The van der Waals surface area contributed by atoms with E-state index >= 15 is 0 Å². The number of hydrogen-bond donors (Lipinski definition) is 2. The Kier molecular flexibility index (Phi) is 4.95. The number of carbonyl (C=O) groups excluding carboxylic acids is 1. The lowest BCUT2D eigenvalue weighted by molar-refractivity contribution is 0.0942. The number of para-hydroxylation sites is 1. The van der Waals surface area contributed by atoms with Crippen molar-refractivity contribution in [1.82, 2.24) is 19.7 Å². The van der Waals surface area contributed by atoms with Crippen molar-refractivity contribution in [3.8, 4) is 11.5 Å². The molecule has 0 aliphatic rings. The predicted octanol–water partition coefficient (Wildman–Crippen LogP) is 2.16. The minimum atomic E-state index is -0.431. The Balaban J connectivity index is 2.03. The summed E-state index contributed by atoms with van der Waals surface area (Å²) in [4.78, 5) is 12.6. The van der Waals surface area contributed by atoms with Crippen molar-refractivity contribution in [2.24, 2.45) is 5.92 Å². The summed E-state index contributed by atoms with van der Waals surface area (Å²) in [5.74, 6) is -0.365. The van der Waals surface area contributed by atoms with Crippen molar-refractivity contribution in [3.05, 3.63) is 66.4 Å². The van der Waals surface area contributed by atoms with E-state index in [2.05, 4.69) is 10.4 Å². The standard InChI is InChI=1S/C18H19FN4O2/c1-13(12-24)10-20-17(25)14-11-21-23(16-7-3-2-6-15(16)19)18(14)22-8-4-5-9-22/h2-9,11,13,24H,10,12H2,1H3,(H,20,25). The van der Waals surface area contributed by atoms with Gasteiger partial charge in [-0.3, -0.25) is 4.79 Å². The molecule has 25 heavy (non-hydrogen) atoms. The summed E-state index contributed by atoms with van der Waals surface area (Å²) in [6.45, 7) is 2.15. The first-order chi connectivity index (χ1) is 12.1. The second kappa shape index (κ2) is 7.31. The van der Waals surface area contributed by atoms with Gasteiger partial charge in [0.15, 0.2) is 5.82 Å². The van der Waals surface area contributed by atoms with E-state index in [0.717, 1.165) is 0 Å². The third-order valence-corrected chi connectivity index (χ3v) is 3.84. The normalized spacial score (nSPS) is 12.1. The molecule has 0 bridgehead atoms. The second-order valence-corrected chi connectivity index (χ2v) is 5.83. The SMILES string of the molecule is CC(CO)CNC(=O)c1cnn(-c2ccccc2F)c1-n1cccc1. The van der Waals surface area contributed by atoms with Crippen LogP contribution < -0.4 is 5.32 Å². The zero-order valence-corrected chi connectivity index (χ0v) is 13.8. The summed E-state index contributed by atoms with van der Waals surface area (Å²) in [7, 11) is 0. The van der Waals surface area contributed by atoms with Crippen LogP contribution in [0.15, 0.2) is 55.0 Å². The number of nitrogens with one attached hydrogen (secondary N) is 1. The van der Waals surface area contributed by atoms with Crippen LogP contribution in [0.1, 0.15) is 17.3 Å². The van der Waals surface area contributed by atoms with E-state index < -0.39 is 5.82 Å². The van der Waals surface area contributed by atoms with E-state index in [9.17, 15) is 9.18 Å². The van der Waals surface area contributed by atoms with E-state index in [-0.39, 0.29) is 24.1 Å². The van der Waals surface area contributed by atoms with Crippen LogP contribution in [-0.4, -0.2) is 38.5 Å². The minimum absolute atomic E-state index is 0.0147. The van der Waals surface area contributed by atoms with Crippen molar-refractivity contribution in [3.63, 3.8) is 0 Å². The van der Waals surface area contributed by atoms with E-state index in [4.69, 9.17) is 5.11 Å². The van der Waals surface area contributed by atoms with Crippen LogP contribution in [0.4, 0.5) is 4.39 Å². The molecule has 0 spiro atoms. The molecular weight excluding hydrogens is 323 g/mol. The molecule has 1 atom stereocenters. The van der Waals surface area contributed by atoms with Crippen LogP contribution in [-0.2, 0) is 0 Å². The molecular formula is C18H19FN4O2. The number of amides is 1. The summed E-state index contributed by atoms with van der Waals surface area (Å²) in [6, 6.07) is 9.89. The number of aliphatic hydroxyl groups excluding tert-OH is 1. The maximum atomic E-state index is 14.2. The van der Waals surface area contributed by atoms with Crippen LogP contribution in [0.2, 0.25) is 0 Å². The van der Waals surface area contributed by atoms with Crippen LogP contribution in [0, 0.1) is 11.7 Å². The second-order valence-electron chi connectivity index (χ2n) is 5.83. The van der Waals surface area contributed by atoms with E-state index in [1.807, 2.05) is 19.1 Å². The zero-order valence-electron chi connectivity index (χ0n) is 13.8. The van der Waals surface area contributed by atoms with Gasteiger partial charge < -0.3 is 15.0 Å². The Morgan fingerprint density at radius 2 is 2.00 bits per heavy atom. The topological polar surface area (TPSA) is 72.1 Å². The maximum absolute atomic E-state index is 14.2. The first-order valence-corrected chi connectivity index (χ1v) is 7.97. The van der Waals surface area contributed by atoms with Gasteiger partial charge >= 0.3 is 0 Å². The Morgan fingerprint density at radius 1 is 1.28 bits per heavy atom. The molecule has 0 radical (unpaired) electrons. The average Bonchev–Trinajstić information content (AvgIpc) is 3.28. The molecule has 0 saturated carbocycles. The first-order valence-electron chi connectivity index (χ1n) is 7.97. The van der Waals surface area contributed by atoms with E-state index in [1.54, 1.807) is 35.2 Å². The molecule has 2 aromatic heterocycles. The van der Waals surface area contributed by atoms with Crippen molar-refractivity contribution < 1.29 is 14.3 Å². The van der Waals surface area contributed by atoms with Crippen LogP contribution in [0.25, 0.3) is 11.5 Å². The van der Waals surface area contributed by atoms with E-state index in [1.165, 1.54) is 16.9 Å². The fourth-order valence-electron chi connectivity index (χ4n) is 2.45. The molecule has 1 unspecified atom stereocenters. The number of halogens is 1. The molecule has 0 aliphatic heterocycles. The average molecular weight is 342 g/mol. The Labute approximate surface area is 144 Å². The highest BCUT2D eigenvalue weighted by Gasteiger charge is 2.21. The fraction of sp³-hybridized carbons (Fsp3) is 0.222. The van der Waals surface area contributed by atoms with Crippen LogP contribution >= 0.6 is 0 Å². The summed E-state index contributed by atoms with van der Waals surface area (Å²) >= 11 is 0. The smallest absolute Gasteiger partial charge is 0.256 e. The molecule has 0 saturated heterocycles. The molecule has 7 heteroatoms. The highest BCUT2D eigenvalue weighted by molar-refractivity contribution is 5.97. The van der Waals surface area contributed by atoms with Gasteiger partial charge in [0.1, 0.15) is 17.1 Å². The van der Waals surface area contributed by atoms with Crippen LogP contribution in [0.5, 0.6) is 0 Å². The number of hydrogen-bond acceptors (Lipinski definition) is 3. The summed E-state index contributed by atoms with van der Waals surface area (Å²) in [6.07, 6.45) is 4.95. The first kappa shape index (κ1) is 16.9. The van der Waals surface area contributed by atoms with Crippen LogP contribution in [0.3, 0.4) is 0 Å². The lowest BCUT2D eigenvalue weighted by Gasteiger charge is -2.13. The van der Waals surface area contributed by atoms with Gasteiger partial charge in [0.25, 0.3) is 5.91 Å². The third-order valence-electron chi connectivity index (χ3n) is 3.84. The van der Waals surface area contributed by atoms with Crippen molar-refractivity contribution in [2.75, 3.05) is 13.2 Å². The Hall–Kier alpha value is -2.93. The number of rotatable bonds is 6. The third kappa shape index (κ3) is 3.46. The molecule has 6 nitrogen and oxygen atoms in total. The summed E-state index contributed by atoms with van der Waals surface area (Å²) in [5.41, 5.74) is 0.582. The molecule has 3 aromatic rings. The summed E-state index contributed by atoms with van der Waals surface area (Å²) < 4.78 is 17.3. The maximum Gasteiger partial charge on any atom is 0.256 e. The molecule has 2 heterocycles. The highest BCUT2D eigenvalue weighted by atomic mass is 19.1. The number of aliphatic hydroxyl groups is 1. The monoisotopic (exact) mass is 342 g/mol. The molecule has 2 N–H and O–H groups in total. The summed E-state index contributed by atoms with van der Waals surface area (Å²) in [5, 5.41) is 16.1. The molecule has 130 valence electrons. The van der Waals surface area contributed by atoms with Gasteiger partial charge in [0, 0.05) is 25.5 Å². The molecule has 1 aromatic carbocycles. The molecule has 0 fully saturated rings. The van der Waals surface area contributed by atoms with E-state index in [0.29, 0.717) is 17.9 Å². The fourth-order valence-corrected chi connectivity index (χ4v) is 2.45. The van der Waals surface area contributed by atoms with Gasteiger partial charge in [-0.1, -0.05) is 19.1 Å². The van der Waals surface area contributed by atoms with Gasteiger partial charge in [-0.25, -0.2) is 9.07 Å². The molecule has 0 aliphatic carbocycles. The Morgan fingerprint density at radius 3 is 2.68 bits per heavy atom. The Bertz CT molecular complexity index is 858. The minimum Gasteiger partial charge on any atom is -0.396 e. The van der Waals surface area contributed by atoms with Crippen molar-refractivity contribution >= 4 is 5.91 Å². The number of carbonyl (C=O) groups is 1. The lowest BCUT2D eigenvalue weighted by Crippen LogP contribution is -2.30. The molecule has 1 amide bonds. The largest absolute Gasteiger partial charge is 0.396 e. The van der Waals surface area contributed by atoms with Gasteiger partial charge in [-0.15, -0.1) is 0 Å². The van der Waals surface area contributed by atoms with Crippen molar-refractivity contribution in [1.29, 1.82) is 0 Å². The zero-order chi connectivity index (χ0) is 17.8. The van der Waals surface area contributed by atoms with Gasteiger partial charge in [0.2, 0.25) is 0 Å². The van der Waals surface area contributed by atoms with Gasteiger partial charge in [-0.05, 0) is 30.2 Å². The van der Waals surface area contributed by atoms with Gasteiger partial charge in [-0.2, -0.15) is 5.10 Å².